The lowest BCUT2D eigenvalue weighted by molar-refractivity contribution is 0.105. The zero-order chi connectivity index (χ0) is 12.4. The van der Waals surface area contributed by atoms with E-state index >= 15 is 0 Å². The number of nitrogens with one attached hydrogen (secondary N) is 2. The number of fused-ring (bicyclic) bond motifs is 1. The van der Waals surface area contributed by atoms with E-state index in [1.165, 1.54) is 17.7 Å². The normalized spacial score (nSPS) is 30.2. The van der Waals surface area contributed by atoms with Crippen molar-refractivity contribution in [1.29, 1.82) is 0 Å². The van der Waals surface area contributed by atoms with E-state index in [1.54, 1.807) is 0 Å². The van der Waals surface area contributed by atoms with E-state index in [0.29, 0.717) is 17.9 Å². The molecule has 1 aromatic rings. The molecule has 2 aliphatic heterocycles. The Labute approximate surface area is 109 Å². The molecule has 98 valence electrons. The van der Waals surface area contributed by atoms with Gasteiger partial charge in [-0.25, -0.2) is 0 Å². The lowest BCUT2D eigenvalue weighted by Gasteiger charge is -2.17. The van der Waals surface area contributed by atoms with Crippen LogP contribution in [0, 0.1) is 5.92 Å². The fraction of sp³-hybridized carbons (Fsp3) is 0.600. The molecule has 1 aromatic carbocycles. The van der Waals surface area contributed by atoms with Gasteiger partial charge in [-0.05, 0) is 30.9 Å². The first-order valence-electron chi connectivity index (χ1n) is 6.99. The maximum absolute atomic E-state index is 5.59. The highest BCUT2D eigenvalue weighted by atomic mass is 16.5. The molecule has 0 spiro atoms. The number of hydrogen-bond donors (Lipinski definition) is 2. The molecule has 1 saturated heterocycles. The van der Waals surface area contributed by atoms with Gasteiger partial charge in [0.1, 0.15) is 0 Å². The van der Waals surface area contributed by atoms with Crippen molar-refractivity contribution in [3.05, 3.63) is 29.8 Å². The third-order valence-electron chi connectivity index (χ3n) is 4.27. The molecule has 18 heavy (non-hydrogen) atoms. The molecular formula is C15H22N2O. The van der Waals surface area contributed by atoms with Crippen LogP contribution in [0.15, 0.2) is 24.3 Å². The summed E-state index contributed by atoms with van der Waals surface area (Å²) in [6.07, 6.45) is 1.62. The molecule has 0 bridgehead atoms. The van der Waals surface area contributed by atoms with Crippen molar-refractivity contribution in [3.8, 4) is 0 Å². The maximum atomic E-state index is 5.59. The van der Waals surface area contributed by atoms with Gasteiger partial charge in [-0.15, -0.1) is 0 Å². The lowest BCUT2D eigenvalue weighted by atomic mass is 10.00. The van der Waals surface area contributed by atoms with Gasteiger partial charge in [-0.2, -0.15) is 0 Å². The second-order valence-corrected chi connectivity index (χ2v) is 5.45. The number of anilines is 1. The first-order valence-corrected chi connectivity index (χ1v) is 6.99. The predicted molar refractivity (Wildman–Crippen MR) is 74.1 cm³/mol. The van der Waals surface area contributed by atoms with Gasteiger partial charge in [0.15, 0.2) is 0 Å². The number of benzene rings is 1. The summed E-state index contributed by atoms with van der Waals surface area (Å²) < 4.78 is 5.59. The molecule has 1 fully saturated rings. The summed E-state index contributed by atoms with van der Waals surface area (Å²) in [4.78, 5) is 0. The summed E-state index contributed by atoms with van der Waals surface area (Å²) >= 11 is 0. The quantitative estimate of drug-likeness (QED) is 0.854. The molecular weight excluding hydrogens is 224 g/mol. The number of hydrogen-bond acceptors (Lipinski definition) is 3. The van der Waals surface area contributed by atoms with Crippen molar-refractivity contribution in [3.63, 3.8) is 0 Å². The summed E-state index contributed by atoms with van der Waals surface area (Å²) in [5.41, 5.74) is 2.77. The lowest BCUT2D eigenvalue weighted by Crippen LogP contribution is -2.30. The van der Waals surface area contributed by atoms with Gasteiger partial charge in [-0.1, -0.05) is 18.2 Å². The van der Waals surface area contributed by atoms with Crippen LogP contribution in [-0.4, -0.2) is 32.3 Å². The minimum atomic E-state index is 0.423. The second kappa shape index (κ2) is 5.29. The van der Waals surface area contributed by atoms with Gasteiger partial charge in [0.25, 0.3) is 0 Å². The average molecular weight is 246 g/mol. The summed E-state index contributed by atoms with van der Waals surface area (Å²) in [6.45, 7) is 6.32. The molecule has 2 N–H and O–H groups in total. The number of rotatable bonds is 4. The van der Waals surface area contributed by atoms with E-state index < -0.39 is 0 Å². The van der Waals surface area contributed by atoms with E-state index in [2.05, 4.69) is 41.8 Å². The Kier molecular flexibility index (Phi) is 3.52. The van der Waals surface area contributed by atoms with Crippen LogP contribution in [0.5, 0.6) is 0 Å². The summed E-state index contributed by atoms with van der Waals surface area (Å²) in [5, 5.41) is 7.09. The highest BCUT2D eigenvalue weighted by Crippen LogP contribution is 2.30. The van der Waals surface area contributed by atoms with Gasteiger partial charge < -0.3 is 15.4 Å². The van der Waals surface area contributed by atoms with Crippen LogP contribution < -0.4 is 10.6 Å². The second-order valence-electron chi connectivity index (χ2n) is 5.45. The summed E-state index contributed by atoms with van der Waals surface area (Å²) in [7, 11) is 0. The van der Waals surface area contributed by atoms with E-state index in [1.807, 2.05) is 0 Å². The van der Waals surface area contributed by atoms with Crippen LogP contribution in [0.1, 0.15) is 24.8 Å². The largest absolute Gasteiger partial charge is 0.384 e. The zero-order valence-corrected chi connectivity index (χ0v) is 11.0. The smallest absolute Gasteiger partial charge is 0.0588 e. The Morgan fingerprint density at radius 1 is 1.33 bits per heavy atom. The van der Waals surface area contributed by atoms with Crippen molar-refractivity contribution in [2.75, 3.05) is 31.6 Å². The molecule has 0 amide bonds. The van der Waals surface area contributed by atoms with Gasteiger partial charge in [-0.3, -0.25) is 0 Å². The minimum Gasteiger partial charge on any atom is -0.384 e. The topological polar surface area (TPSA) is 33.3 Å². The van der Waals surface area contributed by atoms with Crippen molar-refractivity contribution in [2.45, 2.75) is 25.4 Å². The minimum absolute atomic E-state index is 0.423. The molecule has 3 atom stereocenters. The van der Waals surface area contributed by atoms with E-state index in [0.717, 1.165) is 26.2 Å². The van der Waals surface area contributed by atoms with Crippen molar-refractivity contribution in [2.24, 2.45) is 5.92 Å². The summed E-state index contributed by atoms with van der Waals surface area (Å²) in [6, 6.07) is 8.64. The number of para-hydroxylation sites is 1. The van der Waals surface area contributed by atoms with Gasteiger partial charge in [0.2, 0.25) is 0 Å². The molecule has 3 heteroatoms. The van der Waals surface area contributed by atoms with Gasteiger partial charge in [0.05, 0.1) is 6.10 Å². The standard InChI is InChI=1S/C15H22N2O/c1-11-12(6-7-18-11)8-16-9-13-10-17-15-5-3-2-4-14(13)15/h2-5,11-13,16-17H,6-10H2,1H3. The molecule has 3 nitrogen and oxygen atoms in total. The first kappa shape index (κ1) is 12.0. The Hall–Kier alpha value is -1.06. The maximum Gasteiger partial charge on any atom is 0.0588 e. The molecule has 2 aliphatic rings. The molecule has 0 saturated carbocycles. The summed E-state index contributed by atoms with van der Waals surface area (Å²) in [5.74, 6) is 1.30. The van der Waals surface area contributed by atoms with Crippen LogP contribution in [0.25, 0.3) is 0 Å². The Bertz CT molecular complexity index is 407. The number of ether oxygens (including phenoxy) is 1. The van der Waals surface area contributed by atoms with E-state index in [9.17, 15) is 0 Å². The van der Waals surface area contributed by atoms with Gasteiger partial charge >= 0.3 is 0 Å². The SMILES string of the molecule is CC1OCCC1CNCC1CNc2ccccc21. The fourth-order valence-electron chi connectivity index (χ4n) is 3.03. The van der Waals surface area contributed by atoms with Crippen LogP contribution in [-0.2, 0) is 4.74 Å². The van der Waals surface area contributed by atoms with Crippen molar-refractivity contribution >= 4 is 5.69 Å². The monoisotopic (exact) mass is 246 g/mol. The average Bonchev–Trinajstić information content (AvgIpc) is 2.97. The molecule has 0 aliphatic carbocycles. The third kappa shape index (κ3) is 2.38. The predicted octanol–water partition coefficient (Wildman–Crippen LogP) is 2.21. The van der Waals surface area contributed by atoms with Crippen LogP contribution in [0.4, 0.5) is 5.69 Å². The Morgan fingerprint density at radius 3 is 3.06 bits per heavy atom. The zero-order valence-electron chi connectivity index (χ0n) is 11.0. The Morgan fingerprint density at radius 2 is 2.22 bits per heavy atom. The van der Waals surface area contributed by atoms with Crippen LogP contribution in [0.2, 0.25) is 0 Å². The van der Waals surface area contributed by atoms with Gasteiger partial charge in [0, 0.05) is 37.8 Å². The fourth-order valence-corrected chi connectivity index (χ4v) is 3.03. The molecule has 3 unspecified atom stereocenters. The molecule has 2 heterocycles. The van der Waals surface area contributed by atoms with E-state index in [-0.39, 0.29) is 0 Å². The molecule has 0 radical (unpaired) electrons. The molecule has 0 aromatic heterocycles. The highest BCUT2D eigenvalue weighted by Gasteiger charge is 2.25. The Balaban J connectivity index is 1.50. The van der Waals surface area contributed by atoms with Crippen molar-refractivity contribution in [1.82, 2.24) is 5.32 Å². The van der Waals surface area contributed by atoms with Crippen LogP contribution >= 0.6 is 0 Å². The third-order valence-corrected chi connectivity index (χ3v) is 4.27. The van der Waals surface area contributed by atoms with Crippen molar-refractivity contribution < 1.29 is 4.74 Å². The van der Waals surface area contributed by atoms with Crippen LogP contribution in [0.3, 0.4) is 0 Å². The van der Waals surface area contributed by atoms with E-state index in [4.69, 9.17) is 4.74 Å². The molecule has 3 rings (SSSR count). The first-order chi connectivity index (χ1) is 8.84. The highest BCUT2D eigenvalue weighted by molar-refractivity contribution is 5.57.